The Kier molecular flexibility index (Phi) is 6.95. The third-order valence-corrected chi connectivity index (χ3v) is 7.06. The van der Waals surface area contributed by atoms with Gasteiger partial charge in [-0.3, -0.25) is 4.57 Å². The molecular weight excluding hydrogens is 461 g/mol. The molecule has 2 aliphatic rings. The molecule has 1 fully saturated rings. The van der Waals surface area contributed by atoms with Crippen LogP contribution in [0, 0.1) is 11.7 Å². The second kappa shape index (κ2) is 10.3. The van der Waals surface area contributed by atoms with E-state index in [9.17, 15) is 4.39 Å². The van der Waals surface area contributed by atoms with Crippen molar-refractivity contribution >= 4 is 18.6 Å². The van der Waals surface area contributed by atoms with E-state index in [4.69, 9.17) is 4.55 Å². The van der Waals surface area contributed by atoms with Crippen molar-refractivity contribution in [3.8, 4) is 28.3 Å². The number of benzene rings is 2. The van der Waals surface area contributed by atoms with Crippen molar-refractivity contribution in [2.24, 2.45) is 5.92 Å². The lowest BCUT2D eigenvalue weighted by atomic mass is 10.1. The molecular formula is C27H30FN5OS. The zero-order valence-corrected chi connectivity index (χ0v) is 20.6. The van der Waals surface area contributed by atoms with E-state index in [1.54, 1.807) is 0 Å². The minimum absolute atomic E-state index is 0.216. The molecule has 2 aromatic heterocycles. The third kappa shape index (κ3) is 4.61. The maximum absolute atomic E-state index is 13.4. The van der Waals surface area contributed by atoms with Crippen LogP contribution in [0.3, 0.4) is 0 Å². The smallest absolute Gasteiger partial charge is 0.161 e. The Morgan fingerprint density at radius 2 is 1.94 bits per heavy atom. The van der Waals surface area contributed by atoms with Gasteiger partial charge < -0.3 is 19.3 Å². The van der Waals surface area contributed by atoms with Crippen molar-refractivity contribution in [3.63, 3.8) is 0 Å². The van der Waals surface area contributed by atoms with Crippen LogP contribution in [0.4, 0.5) is 10.1 Å². The van der Waals surface area contributed by atoms with Crippen LogP contribution in [0.15, 0.2) is 67.1 Å². The molecule has 1 atom stereocenters. The summed E-state index contributed by atoms with van der Waals surface area (Å²) in [5.41, 5.74) is 6.93. The number of thiol groups is 1. The summed E-state index contributed by atoms with van der Waals surface area (Å²) in [4.78, 5) is 7.21. The average Bonchev–Trinajstić information content (AvgIpc) is 3.63. The molecule has 4 heterocycles. The number of halogens is 1. The molecule has 1 unspecified atom stereocenters. The van der Waals surface area contributed by atoms with Gasteiger partial charge in [0.05, 0.1) is 11.4 Å². The number of aromatic nitrogens is 3. The first-order chi connectivity index (χ1) is 17.2. The topological polar surface area (TPSA) is 58.2 Å². The van der Waals surface area contributed by atoms with Crippen LogP contribution >= 0.6 is 12.9 Å². The molecule has 0 radical (unpaired) electrons. The lowest BCUT2D eigenvalue weighted by Gasteiger charge is -2.21. The second-order valence-corrected chi connectivity index (χ2v) is 9.18. The summed E-state index contributed by atoms with van der Waals surface area (Å²) in [6.45, 7) is 4.10. The van der Waals surface area contributed by atoms with Crippen molar-refractivity contribution in [2.75, 3.05) is 31.6 Å². The summed E-state index contributed by atoms with van der Waals surface area (Å²) in [6.07, 6.45) is 8.55. The quantitative estimate of drug-likeness (QED) is 0.230. The molecule has 182 valence electrons. The molecule has 2 N–H and O–H groups in total. The molecule has 1 saturated heterocycles. The van der Waals surface area contributed by atoms with Gasteiger partial charge in [0.2, 0.25) is 0 Å². The van der Waals surface area contributed by atoms with Gasteiger partial charge in [0.1, 0.15) is 5.82 Å². The average molecular weight is 492 g/mol. The van der Waals surface area contributed by atoms with Gasteiger partial charge in [-0.1, -0.05) is 12.1 Å². The van der Waals surface area contributed by atoms with Gasteiger partial charge >= 0.3 is 0 Å². The first-order valence-electron chi connectivity index (χ1n) is 11.9. The maximum Gasteiger partial charge on any atom is 0.161 e. The van der Waals surface area contributed by atoms with Gasteiger partial charge in [-0.15, -0.1) is 0 Å². The van der Waals surface area contributed by atoms with Crippen LogP contribution in [0.2, 0.25) is 0 Å². The monoisotopic (exact) mass is 491 g/mol. The standard InChI is InChI=1S/C27H28FN5.H2OS/c1-29-10-8-19-9-12-31(16-19)24-6-7-25-22(14-24)18-32-17-21(20-2-4-23(28)5-3-20)15-26(32)27-30-11-13-33(25)27;1-2/h2-7,11,13-15,17,19,29H,8-10,12,16,18H2,1H3;1-2H. The summed E-state index contributed by atoms with van der Waals surface area (Å²) in [5, 5.41) is 3.28. The Morgan fingerprint density at radius 3 is 2.74 bits per heavy atom. The molecule has 0 bridgehead atoms. The van der Waals surface area contributed by atoms with Crippen molar-refractivity contribution in [3.05, 3.63) is 78.5 Å². The number of rotatable bonds is 5. The fraction of sp³-hybridized carbons (Fsp3) is 0.296. The summed E-state index contributed by atoms with van der Waals surface area (Å²) in [6, 6.07) is 15.7. The molecule has 0 spiro atoms. The Morgan fingerprint density at radius 1 is 1.11 bits per heavy atom. The van der Waals surface area contributed by atoms with E-state index in [0.717, 1.165) is 54.7 Å². The summed E-state index contributed by atoms with van der Waals surface area (Å²) >= 11 is 2.53. The Labute approximate surface area is 210 Å². The summed E-state index contributed by atoms with van der Waals surface area (Å²) in [5.74, 6) is 1.47. The molecule has 2 aromatic carbocycles. The molecule has 4 aromatic rings. The number of nitrogens with one attached hydrogen (secondary N) is 1. The van der Waals surface area contributed by atoms with Crippen LogP contribution in [0.5, 0.6) is 0 Å². The molecule has 35 heavy (non-hydrogen) atoms. The molecule has 8 heteroatoms. The highest BCUT2D eigenvalue weighted by Gasteiger charge is 2.25. The molecule has 2 aliphatic heterocycles. The maximum atomic E-state index is 13.4. The minimum atomic E-state index is -0.216. The van der Waals surface area contributed by atoms with Gasteiger partial charge in [-0.05, 0) is 92.8 Å². The number of anilines is 1. The summed E-state index contributed by atoms with van der Waals surface area (Å²) in [7, 11) is 2.03. The van der Waals surface area contributed by atoms with Gasteiger partial charge in [0.15, 0.2) is 5.82 Å². The van der Waals surface area contributed by atoms with E-state index in [0.29, 0.717) is 0 Å². The van der Waals surface area contributed by atoms with Crippen molar-refractivity contribution < 1.29 is 8.94 Å². The largest absolute Gasteiger partial charge is 0.371 e. The van der Waals surface area contributed by atoms with Crippen LogP contribution in [0.1, 0.15) is 18.4 Å². The molecule has 0 aliphatic carbocycles. The molecule has 0 amide bonds. The fourth-order valence-corrected chi connectivity index (χ4v) is 5.28. The van der Waals surface area contributed by atoms with Gasteiger partial charge in [-0.2, -0.15) is 0 Å². The van der Waals surface area contributed by atoms with Crippen molar-refractivity contribution in [1.29, 1.82) is 0 Å². The normalized spacial score (nSPS) is 16.1. The molecule has 0 saturated carbocycles. The third-order valence-electron chi connectivity index (χ3n) is 7.06. The zero-order chi connectivity index (χ0) is 24.4. The van der Waals surface area contributed by atoms with E-state index in [2.05, 4.69) is 67.7 Å². The predicted molar refractivity (Wildman–Crippen MR) is 142 cm³/mol. The highest BCUT2D eigenvalue weighted by Crippen LogP contribution is 2.36. The number of hydrogen-bond donors (Lipinski definition) is 3. The first-order valence-corrected chi connectivity index (χ1v) is 12.3. The van der Waals surface area contributed by atoms with E-state index in [-0.39, 0.29) is 5.82 Å². The van der Waals surface area contributed by atoms with Gasteiger partial charge in [0.25, 0.3) is 0 Å². The van der Waals surface area contributed by atoms with E-state index in [1.807, 2.05) is 31.6 Å². The number of fused-ring (bicyclic) bond motifs is 5. The second-order valence-electron chi connectivity index (χ2n) is 9.18. The van der Waals surface area contributed by atoms with Gasteiger partial charge in [-0.25, -0.2) is 9.37 Å². The SMILES string of the molecule is CNCCC1CCN(c2ccc3c(c2)Cn2cc(-c4ccc(F)cc4)cc2-c2nccn2-3)C1.OS. The van der Waals surface area contributed by atoms with Crippen LogP contribution in [0.25, 0.3) is 28.3 Å². The zero-order valence-electron chi connectivity index (χ0n) is 19.7. The van der Waals surface area contributed by atoms with Crippen molar-refractivity contribution in [1.82, 2.24) is 19.4 Å². The van der Waals surface area contributed by atoms with Crippen molar-refractivity contribution in [2.45, 2.75) is 19.4 Å². The Balaban J connectivity index is 0.00000124. The van der Waals surface area contributed by atoms with Crippen LogP contribution < -0.4 is 10.2 Å². The number of imidazole rings is 1. The highest BCUT2D eigenvalue weighted by molar-refractivity contribution is 7.74. The first kappa shape index (κ1) is 23.7. The fourth-order valence-electron chi connectivity index (χ4n) is 5.28. The van der Waals surface area contributed by atoms with E-state index >= 15 is 0 Å². The van der Waals surface area contributed by atoms with E-state index < -0.39 is 0 Å². The van der Waals surface area contributed by atoms with E-state index in [1.165, 1.54) is 41.9 Å². The predicted octanol–water partition coefficient (Wildman–Crippen LogP) is 5.33. The van der Waals surface area contributed by atoms with Gasteiger partial charge in [0, 0.05) is 49.5 Å². The Hall–Kier alpha value is -3.07. The number of nitrogens with zero attached hydrogens (tertiary/aromatic N) is 4. The molecule has 6 rings (SSSR count). The lowest BCUT2D eigenvalue weighted by Crippen LogP contribution is -2.21. The Bertz CT molecular complexity index is 1300. The van der Waals surface area contributed by atoms with Crippen LogP contribution in [-0.2, 0) is 6.54 Å². The molecule has 6 nitrogen and oxygen atoms in total. The highest BCUT2D eigenvalue weighted by atomic mass is 32.1. The summed E-state index contributed by atoms with van der Waals surface area (Å²) < 4.78 is 24.6. The minimum Gasteiger partial charge on any atom is -0.371 e. The van der Waals surface area contributed by atoms with Crippen LogP contribution in [-0.4, -0.2) is 45.4 Å². The number of hydrogen-bond acceptors (Lipinski definition) is 5. The lowest BCUT2D eigenvalue weighted by molar-refractivity contribution is 0.521.